The number of methoxy groups -OCH3 is 2. The number of benzene rings is 2. The SMILES string of the molecule is COc1cc(OC)cc(C(=O)Oc2cccc(-c3nc4ccccn4c3NC(C)(C)C)c2)c1. The van der Waals surface area contributed by atoms with Gasteiger partial charge < -0.3 is 19.5 Å². The van der Waals surface area contributed by atoms with E-state index in [4.69, 9.17) is 19.2 Å². The van der Waals surface area contributed by atoms with E-state index in [-0.39, 0.29) is 5.54 Å². The summed E-state index contributed by atoms with van der Waals surface area (Å²) in [4.78, 5) is 17.6. The summed E-state index contributed by atoms with van der Waals surface area (Å²) in [5, 5.41) is 3.55. The fraction of sp³-hybridized carbons (Fsp3) is 0.231. The van der Waals surface area contributed by atoms with Crippen LogP contribution in [0.1, 0.15) is 31.1 Å². The lowest BCUT2D eigenvalue weighted by Crippen LogP contribution is -2.27. The summed E-state index contributed by atoms with van der Waals surface area (Å²) in [6.45, 7) is 6.29. The number of ether oxygens (including phenoxy) is 3. The van der Waals surface area contributed by atoms with Crippen molar-refractivity contribution in [3.63, 3.8) is 0 Å². The minimum Gasteiger partial charge on any atom is -0.497 e. The van der Waals surface area contributed by atoms with Crippen LogP contribution in [0.25, 0.3) is 16.9 Å². The van der Waals surface area contributed by atoms with Crippen LogP contribution in [0.5, 0.6) is 17.2 Å². The van der Waals surface area contributed by atoms with Gasteiger partial charge in [-0.3, -0.25) is 4.40 Å². The molecule has 1 N–H and O–H groups in total. The number of carbonyl (C=O) groups is 1. The Hall–Kier alpha value is -4.00. The second kappa shape index (κ2) is 8.86. The third kappa shape index (κ3) is 4.92. The van der Waals surface area contributed by atoms with E-state index in [1.807, 2.05) is 47.0 Å². The molecule has 0 saturated heterocycles. The first kappa shape index (κ1) is 22.2. The van der Waals surface area contributed by atoms with E-state index in [2.05, 4.69) is 26.1 Å². The summed E-state index contributed by atoms with van der Waals surface area (Å²) in [5.41, 5.74) is 2.59. The number of anilines is 1. The van der Waals surface area contributed by atoms with Gasteiger partial charge in [0.15, 0.2) is 0 Å². The first-order valence-corrected chi connectivity index (χ1v) is 10.6. The van der Waals surface area contributed by atoms with Gasteiger partial charge in [-0.15, -0.1) is 0 Å². The summed E-state index contributed by atoms with van der Waals surface area (Å²) in [6, 6.07) is 18.1. The molecule has 0 aliphatic heterocycles. The Morgan fingerprint density at radius 2 is 1.64 bits per heavy atom. The molecule has 0 spiro atoms. The van der Waals surface area contributed by atoms with Crippen molar-refractivity contribution in [2.24, 2.45) is 0 Å². The predicted molar refractivity (Wildman–Crippen MR) is 129 cm³/mol. The lowest BCUT2D eigenvalue weighted by atomic mass is 10.1. The molecule has 0 fully saturated rings. The lowest BCUT2D eigenvalue weighted by molar-refractivity contribution is 0.0734. The Morgan fingerprint density at radius 1 is 0.909 bits per heavy atom. The lowest BCUT2D eigenvalue weighted by Gasteiger charge is -2.22. The molecule has 4 rings (SSSR count). The monoisotopic (exact) mass is 445 g/mol. The highest BCUT2D eigenvalue weighted by atomic mass is 16.5. The second-order valence-electron chi connectivity index (χ2n) is 8.63. The van der Waals surface area contributed by atoms with Crippen LogP contribution in [0.2, 0.25) is 0 Å². The number of rotatable bonds is 6. The maximum absolute atomic E-state index is 12.8. The summed E-state index contributed by atoms with van der Waals surface area (Å²) in [7, 11) is 3.07. The molecule has 0 atom stereocenters. The van der Waals surface area contributed by atoms with Crippen LogP contribution >= 0.6 is 0 Å². The van der Waals surface area contributed by atoms with Crippen molar-refractivity contribution in [2.75, 3.05) is 19.5 Å². The molecule has 0 unspecified atom stereocenters. The van der Waals surface area contributed by atoms with Gasteiger partial charge in [-0.25, -0.2) is 9.78 Å². The van der Waals surface area contributed by atoms with E-state index >= 15 is 0 Å². The van der Waals surface area contributed by atoms with E-state index in [1.165, 1.54) is 14.2 Å². The number of hydrogen-bond donors (Lipinski definition) is 1. The molecule has 0 aliphatic rings. The first-order valence-electron chi connectivity index (χ1n) is 10.6. The van der Waals surface area contributed by atoms with Crippen LogP contribution < -0.4 is 19.5 Å². The highest BCUT2D eigenvalue weighted by Gasteiger charge is 2.20. The maximum Gasteiger partial charge on any atom is 0.343 e. The number of nitrogens with zero attached hydrogens (tertiary/aromatic N) is 2. The van der Waals surface area contributed by atoms with Crippen molar-refractivity contribution in [1.29, 1.82) is 0 Å². The number of esters is 1. The summed E-state index contributed by atoms with van der Waals surface area (Å²) < 4.78 is 18.2. The minimum atomic E-state index is -0.507. The van der Waals surface area contributed by atoms with Crippen molar-refractivity contribution < 1.29 is 19.0 Å². The van der Waals surface area contributed by atoms with Crippen LogP contribution in [0, 0.1) is 0 Å². The molecule has 2 aromatic carbocycles. The zero-order chi connectivity index (χ0) is 23.6. The van der Waals surface area contributed by atoms with Gasteiger partial charge in [-0.2, -0.15) is 0 Å². The number of aromatic nitrogens is 2. The normalized spacial score (nSPS) is 11.3. The van der Waals surface area contributed by atoms with Gasteiger partial charge in [0.1, 0.15) is 34.4 Å². The van der Waals surface area contributed by atoms with Crippen LogP contribution in [0.3, 0.4) is 0 Å². The smallest absolute Gasteiger partial charge is 0.343 e. The number of fused-ring (bicyclic) bond motifs is 1. The Kier molecular flexibility index (Phi) is 5.96. The Morgan fingerprint density at radius 3 is 2.30 bits per heavy atom. The van der Waals surface area contributed by atoms with Gasteiger partial charge in [0.25, 0.3) is 0 Å². The minimum absolute atomic E-state index is 0.171. The number of imidazole rings is 1. The summed E-state index contributed by atoms with van der Waals surface area (Å²) in [6.07, 6.45) is 1.97. The van der Waals surface area contributed by atoms with E-state index in [1.54, 1.807) is 24.3 Å². The van der Waals surface area contributed by atoms with Gasteiger partial charge in [-0.05, 0) is 57.2 Å². The topological polar surface area (TPSA) is 74.1 Å². The Labute approximate surface area is 192 Å². The zero-order valence-electron chi connectivity index (χ0n) is 19.4. The van der Waals surface area contributed by atoms with E-state index in [9.17, 15) is 4.79 Å². The van der Waals surface area contributed by atoms with Crippen LogP contribution in [0.15, 0.2) is 66.9 Å². The van der Waals surface area contributed by atoms with Crippen molar-refractivity contribution >= 4 is 17.4 Å². The van der Waals surface area contributed by atoms with Crippen molar-refractivity contribution in [3.8, 4) is 28.5 Å². The number of pyridine rings is 1. The first-order chi connectivity index (χ1) is 15.8. The highest BCUT2D eigenvalue weighted by molar-refractivity contribution is 5.92. The van der Waals surface area contributed by atoms with E-state index in [0.29, 0.717) is 22.8 Å². The third-order valence-corrected chi connectivity index (χ3v) is 4.93. The highest BCUT2D eigenvalue weighted by Crippen LogP contribution is 2.33. The van der Waals surface area contributed by atoms with Crippen LogP contribution in [0.4, 0.5) is 5.82 Å². The molecule has 33 heavy (non-hydrogen) atoms. The molecule has 0 amide bonds. The van der Waals surface area contributed by atoms with Crippen molar-refractivity contribution in [1.82, 2.24) is 9.38 Å². The molecule has 0 bridgehead atoms. The number of nitrogens with one attached hydrogen (secondary N) is 1. The van der Waals surface area contributed by atoms with Crippen LogP contribution in [-0.4, -0.2) is 35.1 Å². The maximum atomic E-state index is 12.8. The molecule has 0 radical (unpaired) electrons. The largest absolute Gasteiger partial charge is 0.497 e. The zero-order valence-corrected chi connectivity index (χ0v) is 19.4. The van der Waals surface area contributed by atoms with Crippen LogP contribution in [-0.2, 0) is 0 Å². The molecule has 170 valence electrons. The molecule has 7 nitrogen and oxygen atoms in total. The predicted octanol–water partition coefficient (Wildman–Crippen LogP) is 5.45. The summed E-state index contributed by atoms with van der Waals surface area (Å²) >= 11 is 0. The molecule has 7 heteroatoms. The average Bonchev–Trinajstić information content (AvgIpc) is 3.15. The van der Waals surface area contributed by atoms with E-state index < -0.39 is 5.97 Å². The Balaban J connectivity index is 1.69. The molecule has 2 aromatic heterocycles. The summed E-state index contributed by atoms with van der Waals surface area (Å²) in [5.74, 6) is 1.81. The molecule has 4 aromatic rings. The fourth-order valence-corrected chi connectivity index (χ4v) is 3.47. The Bertz CT molecular complexity index is 1280. The molecular formula is C26H27N3O4. The molecule has 0 aliphatic carbocycles. The fourth-order valence-electron chi connectivity index (χ4n) is 3.47. The molecule has 2 heterocycles. The standard InChI is InChI=1S/C26H27N3O4/c1-26(2,3)28-24-23(27-22-11-6-7-12-29(22)24)17-9-8-10-19(13-17)33-25(30)18-14-20(31-4)16-21(15-18)32-5/h6-16,28H,1-5H3. The quantitative estimate of drug-likeness (QED) is 0.314. The molecule has 0 saturated carbocycles. The van der Waals surface area contributed by atoms with Gasteiger partial charge in [-0.1, -0.05) is 18.2 Å². The van der Waals surface area contributed by atoms with Gasteiger partial charge in [0, 0.05) is 23.4 Å². The number of hydrogen-bond acceptors (Lipinski definition) is 6. The van der Waals surface area contributed by atoms with E-state index in [0.717, 1.165) is 22.7 Å². The number of carbonyl (C=O) groups excluding carboxylic acids is 1. The molecular weight excluding hydrogens is 418 g/mol. The van der Waals surface area contributed by atoms with Gasteiger partial charge >= 0.3 is 5.97 Å². The van der Waals surface area contributed by atoms with Gasteiger partial charge in [0.2, 0.25) is 0 Å². The average molecular weight is 446 g/mol. The van der Waals surface area contributed by atoms with Crippen molar-refractivity contribution in [3.05, 3.63) is 72.4 Å². The van der Waals surface area contributed by atoms with Crippen molar-refractivity contribution in [2.45, 2.75) is 26.3 Å². The van der Waals surface area contributed by atoms with Gasteiger partial charge in [0.05, 0.1) is 19.8 Å². The second-order valence-corrected chi connectivity index (χ2v) is 8.63. The third-order valence-electron chi connectivity index (χ3n) is 4.93.